The summed E-state index contributed by atoms with van der Waals surface area (Å²) in [6, 6.07) is 1.73. The van der Waals surface area contributed by atoms with Crippen molar-refractivity contribution in [3.05, 3.63) is 39.9 Å². The molecule has 0 spiro atoms. The van der Waals surface area contributed by atoms with E-state index in [9.17, 15) is 4.79 Å². The molecule has 6 nitrogen and oxygen atoms in total. The first-order valence-corrected chi connectivity index (χ1v) is 8.78. The summed E-state index contributed by atoms with van der Waals surface area (Å²) in [4.78, 5) is 26.7. The summed E-state index contributed by atoms with van der Waals surface area (Å²) in [7, 11) is 0. The lowest BCUT2D eigenvalue weighted by Gasteiger charge is -2.32. The molecule has 1 aliphatic rings. The molecular formula is C16H21N5OS. The third kappa shape index (κ3) is 4.33. The number of likely N-dealkylation sites (tertiary alicyclic amines) is 1. The van der Waals surface area contributed by atoms with Gasteiger partial charge in [0.05, 0.1) is 11.2 Å². The number of nitrogens with zero attached hydrogens (tertiary/aromatic N) is 4. The highest BCUT2D eigenvalue weighted by atomic mass is 32.1. The number of hydrogen-bond acceptors (Lipinski definition) is 6. The van der Waals surface area contributed by atoms with Crippen LogP contribution in [0, 0.1) is 12.8 Å². The molecule has 0 bridgehead atoms. The van der Waals surface area contributed by atoms with Gasteiger partial charge in [-0.1, -0.05) is 0 Å². The average Bonchev–Trinajstić information content (AvgIpc) is 3.00. The van der Waals surface area contributed by atoms with E-state index in [2.05, 4.69) is 25.2 Å². The van der Waals surface area contributed by atoms with Crippen molar-refractivity contribution in [2.24, 2.45) is 11.7 Å². The summed E-state index contributed by atoms with van der Waals surface area (Å²) < 4.78 is 0. The molecule has 0 saturated carbocycles. The Labute approximate surface area is 139 Å². The molecule has 0 radical (unpaired) electrons. The minimum absolute atomic E-state index is 0.308. The number of piperidine rings is 1. The van der Waals surface area contributed by atoms with Crippen LogP contribution < -0.4 is 5.73 Å². The first kappa shape index (κ1) is 16.0. The van der Waals surface area contributed by atoms with E-state index < -0.39 is 5.91 Å². The van der Waals surface area contributed by atoms with E-state index in [-0.39, 0.29) is 0 Å². The monoisotopic (exact) mass is 331 g/mol. The fraction of sp³-hybridized carbons (Fsp3) is 0.500. The van der Waals surface area contributed by atoms with Crippen LogP contribution in [-0.4, -0.2) is 38.8 Å². The number of hydrogen-bond donors (Lipinski definition) is 1. The van der Waals surface area contributed by atoms with Gasteiger partial charge in [0.1, 0.15) is 11.5 Å². The fourth-order valence-corrected chi connectivity index (χ4v) is 3.71. The minimum Gasteiger partial charge on any atom is -0.364 e. The van der Waals surface area contributed by atoms with Crippen LogP contribution in [0.25, 0.3) is 0 Å². The highest BCUT2D eigenvalue weighted by Crippen LogP contribution is 2.22. The van der Waals surface area contributed by atoms with Gasteiger partial charge in [0.25, 0.3) is 5.91 Å². The maximum Gasteiger partial charge on any atom is 0.267 e. The van der Waals surface area contributed by atoms with E-state index in [1.165, 1.54) is 12.8 Å². The lowest BCUT2D eigenvalue weighted by atomic mass is 9.93. The van der Waals surface area contributed by atoms with Gasteiger partial charge in [0, 0.05) is 24.2 Å². The Morgan fingerprint density at radius 2 is 2.30 bits per heavy atom. The summed E-state index contributed by atoms with van der Waals surface area (Å²) in [5.41, 5.74) is 9.58. The zero-order valence-electron chi connectivity index (χ0n) is 13.2. The molecule has 1 saturated heterocycles. The topological polar surface area (TPSA) is 85.0 Å². The van der Waals surface area contributed by atoms with Crippen molar-refractivity contribution < 1.29 is 4.79 Å². The van der Waals surface area contributed by atoms with Gasteiger partial charge in [-0.3, -0.25) is 9.69 Å². The molecule has 3 rings (SSSR count). The molecule has 7 heteroatoms. The number of nitrogens with two attached hydrogens (primary N) is 1. The maximum atomic E-state index is 11.3. The summed E-state index contributed by atoms with van der Waals surface area (Å²) in [5.74, 6) is 0.648. The Balaban J connectivity index is 1.64. The number of aromatic nitrogens is 3. The van der Waals surface area contributed by atoms with Gasteiger partial charge < -0.3 is 5.73 Å². The van der Waals surface area contributed by atoms with Crippen molar-refractivity contribution in [3.63, 3.8) is 0 Å². The number of carbonyl (C=O) groups is 1. The van der Waals surface area contributed by atoms with E-state index in [4.69, 9.17) is 5.73 Å². The number of primary amides is 1. The van der Waals surface area contributed by atoms with Crippen LogP contribution in [-0.2, 0) is 13.0 Å². The molecular weight excluding hydrogens is 310 g/mol. The zero-order valence-corrected chi connectivity index (χ0v) is 14.1. The van der Waals surface area contributed by atoms with Crippen molar-refractivity contribution in [2.75, 3.05) is 13.1 Å². The van der Waals surface area contributed by atoms with Gasteiger partial charge in [-0.25, -0.2) is 15.0 Å². The van der Waals surface area contributed by atoms with E-state index in [0.29, 0.717) is 17.4 Å². The van der Waals surface area contributed by atoms with Crippen molar-refractivity contribution in [1.82, 2.24) is 19.9 Å². The fourth-order valence-electron chi connectivity index (χ4n) is 3.16. The summed E-state index contributed by atoms with van der Waals surface area (Å²) in [5, 5.41) is 2.11. The number of thiazole rings is 1. The molecule has 1 fully saturated rings. The second kappa shape index (κ2) is 7.14. The molecule has 1 atom stereocenters. The summed E-state index contributed by atoms with van der Waals surface area (Å²) in [6.45, 7) is 4.86. The van der Waals surface area contributed by atoms with Gasteiger partial charge >= 0.3 is 0 Å². The predicted molar refractivity (Wildman–Crippen MR) is 89.1 cm³/mol. The Hall–Kier alpha value is -1.86. The van der Waals surface area contributed by atoms with Gasteiger partial charge in [-0.15, -0.1) is 11.3 Å². The van der Waals surface area contributed by atoms with Crippen molar-refractivity contribution in [3.8, 4) is 0 Å². The molecule has 0 aromatic carbocycles. The van der Waals surface area contributed by atoms with Crippen LogP contribution in [0.4, 0.5) is 0 Å². The van der Waals surface area contributed by atoms with Crippen LogP contribution in [0.5, 0.6) is 0 Å². The largest absolute Gasteiger partial charge is 0.364 e. The third-order valence-corrected chi connectivity index (χ3v) is 4.75. The first-order chi connectivity index (χ1) is 11.1. The Bertz CT molecular complexity index is 673. The molecule has 3 heterocycles. The SMILES string of the molecule is Cc1nc(C[C@H]2CCCN(Cc3cscn3)C2)cc(C(N)=O)n1. The van der Waals surface area contributed by atoms with E-state index >= 15 is 0 Å². The van der Waals surface area contributed by atoms with Crippen LogP contribution >= 0.6 is 11.3 Å². The summed E-state index contributed by atoms with van der Waals surface area (Å²) in [6.07, 6.45) is 3.22. The minimum atomic E-state index is -0.495. The average molecular weight is 331 g/mol. The van der Waals surface area contributed by atoms with Gasteiger partial charge in [0.2, 0.25) is 0 Å². The number of aryl methyl sites for hydroxylation is 1. The Kier molecular flexibility index (Phi) is 4.97. The quantitative estimate of drug-likeness (QED) is 0.903. The van der Waals surface area contributed by atoms with Crippen molar-refractivity contribution in [1.29, 1.82) is 0 Å². The molecule has 2 N–H and O–H groups in total. The van der Waals surface area contributed by atoms with Crippen LogP contribution in [0.15, 0.2) is 17.0 Å². The second-order valence-corrected chi connectivity index (χ2v) is 6.80. The van der Waals surface area contributed by atoms with Crippen LogP contribution in [0.3, 0.4) is 0 Å². The lowest BCUT2D eigenvalue weighted by Crippen LogP contribution is -2.36. The highest BCUT2D eigenvalue weighted by Gasteiger charge is 2.21. The van der Waals surface area contributed by atoms with Crippen LogP contribution in [0.2, 0.25) is 0 Å². The Morgan fingerprint density at radius 3 is 3.04 bits per heavy atom. The van der Waals surface area contributed by atoms with Crippen molar-refractivity contribution in [2.45, 2.75) is 32.7 Å². The number of rotatable bonds is 5. The van der Waals surface area contributed by atoms with Gasteiger partial charge in [0.15, 0.2) is 0 Å². The lowest BCUT2D eigenvalue weighted by molar-refractivity contribution is 0.0995. The molecule has 2 aromatic rings. The Morgan fingerprint density at radius 1 is 1.43 bits per heavy atom. The van der Waals surface area contributed by atoms with E-state index in [0.717, 1.165) is 37.4 Å². The van der Waals surface area contributed by atoms with Gasteiger partial charge in [-0.05, 0) is 44.7 Å². The van der Waals surface area contributed by atoms with Gasteiger partial charge in [-0.2, -0.15) is 0 Å². The van der Waals surface area contributed by atoms with Crippen LogP contribution in [0.1, 0.15) is 40.5 Å². The zero-order chi connectivity index (χ0) is 16.2. The molecule has 1 amide bonds. The van der Waals surface area contributed by atoms with E-state index in [1.807, 2.05) is 5.51 Å². The molecule has 0 unspecified atom stereocenters. The summed E-state index contributed by atoms with van der Waals surface area (Å²) >= 11 is 1.64. The normalized spacial score (nSPS) is 18.9. The molecule has 122 valence electrons. The third-order valence-electron chi connectivity index (χ3n) is 4.11. The molecule has 0 aliphatic carbocycles. The second-order valence-electron chi connectivity index (χ2n) is 6.08. The smallest absolute Gasteiger partial charge is 0.267 e. The number of carbonyl (C=O) groups excluding carboxylic acids is 1. The predicted octanol–water partition coefficient (Wildman–Crippen LogP) is 1.80. The molecule has 1 aliphatic heterocycles. The maximum absolute atomic E-state index is 11.3. The number of amides is 1. The first-order valence-electron chi connectivity index (χ1n) is 7.84. The highest BCUT2D eigenvalue weighted by molar-refractivity contribution is 7.07. The molecule has 23 heavy (non-hydrogen) atoms. The molecule has 2 aromatic heterocycles. The van der Waals surface area contributed by atoms with Crippen molar-refractivity contribution >= 4 is 17.2 Å². The van der Waals surface area contributed by atoms with E-state index in [1.54, 1.807) is 24.3 Å². The standard InChI is InChI=1S/C16H21N5OS/c1-11-19-13(6-15(20-11)16(17)22)5-12-3-2-4-21(7-12)8-14-9-23-10-18-14/h6,9-10,12H,2-5,7-8H2,1H3,(H2,17,22)/t12-/m1/s1.